The molecule has 0 saturated heterocycles. The molecule has 0 heterocycles. The molecule has 4 heteroatoms. The van der Waals surface area contributed by atoms with Crippen LogP contribution in [0.5, 0.6) is 0 Å². The number of carbonyl (C=O) groups is 2. The van der Waals surface area contributed by atoms with Gasteiger partial charge in [0.15, 0.2) is 0 Å². The van der Waals surface area contributed by atoms with Crippen molar-refractivity contribution in [2.24, 2.45) is 5.73 Å². The first-order valence-corrected chi connectivity index (χ1v) is 6.61. The fraction of sp³-hybridized carbons (Fsp3) is 0.222. The van der Waals surface area contributed by atoms with Crippen LogP contribution in [0.2, 0.25) is 0 Å². The standard InChI is InChI=1S/C8H8.C7H12O2.C3H5NO/c1-2-8-6-4-3-5-7-8;1-5-6(8)9-7(2,3)4;1-2-3(4)5/h2-7H,1H2;5H,1H2,2-4H3;2H,1H2,(H2,4,5). The van der Waals surface area contributed by atoms with E-state index in [2.05, 4.69) is 25.5 Å². The third-order valence-corrected chi connectivity index (χ3v) is 1.81. The summed E-state index contributed by atoms with van der Waals surface area (Å²) in [6, 6.07) is 10.0. The molecule has 0 unspecified atom stereocenters. The Kier molecular flexibility index (Phi) is 12.0. The molecule has 0 fully saturated rings. The average Bonchev–Trinajstić information content (AvgIpc) is 2.47. The first kappa shape index (κ1) is 21.7. The van der Waals surface area contributed by atoms with Crippen molar-refractivity contribution < 1.29 is 14.3 Å². The molecule has 0 aliphatic heterocycles. The van der Waals surface area contributed by atoms with E-state index < -0.39 is 11.5 Å². The first-order chi connectivity index (χ1) is 10.2. The Balaban J connectivity index is 0. The number of carbonyl (C=O) groups excluding carboxylic acids is 2. The molecule has 22 heavy (non-hydrogen) atoms. The maximum Gasteiger partial charge on any atom is 0.330 e. The molecular formula is C18H25NO3. The van der Waals surface area contributed by atoms with Gasteiger partial charge in [0, 0.05) is 6.08 Å². The van der Waals surface area contributed by atoms with Crippen LogP contribution in [0.25, 0.3) is 6.08 Å². The van der Waals surface area contributed by atoms with E-state index in [1.54, 1.807) is 0 Å². The summed E-state index contributed by atoms with van der Waals surface area (Å²) in [6.45, 7) is 15.4. The molecule has 0 aliphatic carbocycles. The molecule has 0 radical (unpaired) electrons. The van der Waals surface area contributed by atoms with E-state index in [0.29, 0.717) is 0 Å². The SMILES string of the molecule is C=CC(=O)OC(C)(C)C.C=CC(N)=O.C=Cc1ccccc1. The van der Waals surface area contributed by atoms with Gasteiger partial charge in [-0.05, 0) is 32.4 Å². The van der Waals surface area contributed by atoms with Gasteiger partial charge in [0.05, 0.1) is 0 Å². The first-order valence-electron chi connectivity index (χ1n) is 6.61. The highest BCUT2D eigenvalue weighted by molar-refractivity contribution is 5.85. The van der Waals surface area contributed by atoms with Gasteiger partial charge < -0.3 is 10.5 Å². The normalized spacial score (nSPS) is 8.86. The number of amides is 1. The number of primary amides is 1. The molecule has 4 nitrogen and oxygen atoms in total. The summed E-state index contributed by atoms with van der Waals surface area (Å²) in [6.07, 6.45) is 4.05. The summed E-state index contributed by atoms with van der Waals surface area (Å²) in [7, 11) is 0. The zero-order valence-electron chi connectivity index (χ0n) is 13.5. The minimum Gasteiger partial charge on any atom is -0.457 e. The Labute approximate surface area is 133 Å². The molecule has 0 aromatic heterocycles. The number of rotatable bonds is 3. The van der Waals surface area contributed by atoms with Crippen LogP contribution < -0.4 is 5.73 Å². The monoisotopic (exact) mass is 303 g/mol. The van der Waals surface area contributed by atoms with E-state index in [9.17, 15) is 9.59 Å². The molecule has 0 atom stereocenters. The minimum atomic E-state index is -0.481. The summed E-state index contributed by atoms with van der Waals surface area (Å²) in [5, 5.41) is 0. The maximum atomic E-state index is 10.5. The average molecular weight is 303 g/mol. The smallest absolute Gasteiger partial charge is 0.330 e. The van der Waals surface area contributed by atoms with Crippen LogP contribution in [-0.2, 0) is 14.3 Å². The van der Waals surface area contributed by atoms with E-state index in [4.69, 9.17) is 4.74 Å². The van der Waals surface area contributed by atoms with Crippen molar-refractivity contribution >= 4 is 18.0 Å². The minimum absolute atomic E-state index is 0.373. The lowest BCUT2D eigenvalue weighted by Crippen LogP contribution is -2.22. The third kappa shape index (κ3) is 17.4. The van der Waals surface area contributed by atoms with Crippen LogP contribution in [0.4, 0.5) is 0 Å². The second-order valence-electron chi connectivity index (χ2n) is 4.96. The predicted octanol–water partition coefficient (Wildman–Crippen LogP) is 3.50. The van der Waals surface area contributed by atoms with Crippen LogP contribution in [0.15, 0.2) is 62.2 Å². The Morgan fingerprint density at radius 2 is 1.50 bits per heavy atom. The van der Waals surface area contributed by atoms with Gasteiger partial charge >= 0.3 is 5.97 Å². The molecular weight excluding hydrogens is 278 g/mol. The quantitative estimate of drug-likeness (QED) is 0.686. The van der Waals surface area contributed by atoms with Crippen molar-refractivity contribution in [1.29, 1.82) is 0 Å². The number of ether oxygens (including phenoxy) is 1. The van der Waals surface area contributed by atoms with E-state index in [1.807, 2.05) is 57.2 Å². The molecule has 1 aromatic carbocycles. The summed E-state index contributed by atoms with van der Waals surface area (Å²) >= 11 is 0. The zero-order valence-corrected chi connectivity index (χ0v) is 13.5. The van der Waals surface area contributed by atoms with Crippen LogP contribution >= 0.6 is 0 Å². The number of hydrogen-bond acceptors (Lipinski definition) is 3. The van der Waals surface area contributed by atoms with Crippen molar-refractivity contribution in [3.8, 4) is 0 Å². The van der Waals surface area contributed by atoms with Gasteiger partial charge in [0.1, 0.15) is 5.60 Å². The topological polar surface area (TPSA) is 69.4 Å². The highest BCUT2D eigenvalue weighted by Gasteiger charge is 2.12. The number of nitrogens with two attached hydrogens (primary N) is 1. The van der Waals surface area contributed by atoms with E-state index in [1.165, 1.54) is 5.56 Å². The Bertz CT molecular complexity index is 485. The fourth-order valence-electron chi connectivity index (χ4n) is 0.933. The highest BCUT2D eigenvalue weighted by Crippen LogP contribution is 2.06. The predicted molar refractivity (Wildman–Crippen MR) is 92.0 cm³/mol. The van der Waals surface area contributed by atoms with Gasteiger partial charge in [-0.15, -0.1) is 0 Å². The van der Waals surface area contributed by atoms with Gasteiger partial charge in [0.25, 0.3) is 0 Å². The lowest BCUT2D eigenvalue weighted by molar-refractivity contribution is -0.148. The Hall–Kier alpha value is -2.62. The summed E-state index contributed by atoms with van der Waals surface area (Å²) in [5.41, 5.74) is 5.31. The van der Waals surface area contributed by atoms with E-state index in [0.717, 1.165) is 12.2 Å². The van der Waals surface area contributed by atoms with Crippen molar-refractivity contribution in [3.63, 3.8) is 0 Å². The van der Waals surface area contributed by atoms with E-state index >= 15 is 0 Å². The van der Waals surface area contributed by atoms with Crippen LogP contribution in [0, 0.1) is 0 Å². The molecule has 1 aromatic rings. The lowest BCUT2D eigenvalue weighted by Gasteiger charge is -2.17. The number of benzene rings is 1. The second-order valence-corrected chi connectivity index (χ2v) is 4.96. The lowest BCUT2D eigenvalue weighted by atomic mass is 10.2. The molecule has 1 amide bonds. The fourth-order valence-corrected chi connectivity index (χ4v) is 0.933. The highest BCUT2D eigenvalue weighted by atomic mass is 16.6. The Morgan fingerprint density at radius 1 is 1.05 bits per heavy atom. The van der Waals surface area contributed by atoms with Crippen molar-refractivity contribution in [2.45, 2.75) is 26.4 Å². The summed E-state index contributed by atoms with van der Waals surface area (Å²) in [4.78, 5) is 20.0. The maximum absolute atomic E-state index is 10.5. The molecule has 1 rings (SSSR count). The van der Waals surface area contributed by atoms with Crippen LogP contribution in [0.1, 0.15) is 26.3 Å². The summed E-state index contributed by atoms with van der Waals surface area (Å²) in [5.74, 6) is -0.854. The summed E-state index contributed by atoms with van der Waals surface area (Å²) < 4.78 is 4.83. The van der Waals surface area contributed by atoms with Crippen LogP contribution in [0.3, 0.4) is 0 Å². The third-order valence-electron chi connectivity index (χ3n) is 1.81. The molecule has 0 bridgehead atoms. The number of hydrogen-bond donors (Lipinski definition) is 1. The second kappa shape index (κ2) is 12.1. The molecule has 0 spiro atoms. The number of esters is 1. The molecule has 0 saturated carbocycles. The van der Waals surface area contributed by atoms with Crippen molar-refractivity contribution in [3.05, 3.63) is 67.8 Å². The van der Waals surface area contributed by atoms with Gasteiger partial charge in [-0.1, -0.05) is 56.1 Å². The molecule has 0 aliphatic rings. The van der Waals surface area contributed by atoms with Crippen molar-refractivity contribution in [1.82, 2.24) is 0 Å². The zero-order chi connectivity index (χ0) is 17.6. The van der Waals surface area contributed by atoms with Gasteiger partial charge in [0.2, 0.25) is 5.91 Å². The van der Waals surface area contributed by atoms with Gasteiger partial charge in [-0.3, -0.25) is 4.79 Å². The van der Waals surface area contributed by atoms with E-state index in [-0.39, 0.29) is 5.97 Å². The molecule has 2 N–H and O–H groups in total. The largest absolute Gasteiger partial charge is 0.457 e. The Morgan fingerprint density at radius 3 is 1.68 bits per heavy atom. The van der Waals surface area contributed by atoms with Crippen LogP contribution in [-0.4, -0.2) is 17.5 Å². The van der Waals surface area contributed by atoms with Gasteiger partial charge in [-0.25, -0.2) is 4.79 Å². The van der Waals surface area contributed by atoms with Gasteiger partial charge in [-0.2, -0.15) is 0 Å². The van der Waals surface area contributed by atoms with Crippen molar-refractivity contribution in [2.75, 3.05) is 0 Å². The molecule has 120 valence electrons.